The molecule has 0 aliphatic carbocycles. The third-order valence-corrected chi connectivity index (χ3v) is 15.6. The lowest BCUT2D eigenvalue weighted by Gasteiger charge is -2.25. The van der Waals surface area contributed by atoms with E-state index < -0.39 is 20.0 Å². The fraction of sp³-hybridized carbons (Fsp3) is 0.891. The van der Waals surface area contributed by atoms with Crippen LogP contribution in [-0.4, -0.2) is 73.4 Å². The highest BCUT2D eigenvalue weighted by molar-refractivity contribution is 7.47. The lowest BCUT2D eigenvalue weighted by atomic mass is 10.0. The zero-order valence-electron chi connectivity index (χ0n) is 49.4. The minimum atomic E-state index is -4.35. The lowest BCUT2D eigenvalue weighted by Crippen LogP contribution is -2.45. The van der Waals surface area contributed by atoms with E-state index in [1.165, 1.54) is 250 Å². The Morgan fingerprint density at radius 1 is 0.452 bits per heavy atom. The number of nitrogens with one attached hydrogen (secondary N) is 1. The molecule has 8 nitrogen and oxygen atoms in total. The molecule has 0 rings (SSSR count). The molecule has 0 heterocycles. The Morgan fingerprint density at radius 2 is 0.753 bits per heavy atom. The van der Waals surface area contributed by atoms with Crippen LogP contribution in [-0.2, 0) is 18.4 Å². The largest absolute Gasteiger partial charge is 0.472 e. The summed E-state index contributed by atoms with van der Waals surface area (Å²) in [6.45, 7) is 4.80. The van der Waals surface area contributed by atoms with E-state index in [2.05, 4.69) is 43.5 Å². The van der Waals surface area contributed by atoms with E-state index in [1.54, 1.807) is 6.08 Å². The van der Waals surface area contributed by atoms with E-state index >= 15 is 0 Å². The van der Waals surface area contributed by atoms with E-state index in [4.69, 9.17) is 9.05 Å². The Morgan fingerprint density at radius 3 is 1.10 bits per heavy atom. The molecule has 0 aliphatic rings. The fourth-order valence-electron chi connectivity index (χ4n) is 9.61. The summed E-state index contributed by atoms with van der Waals surface area (Å²) in [6.07, 6.45) is 73.0. The van der Waals surface area contributed by atoms with Gasteiger partial charge in [-0.25, -0.2) is 4.57 Å². The van der Waals surface area contributed by atoms with Crippen LogP contribution >= 0.6 is 7.82 Å². The summed E-state index contributed by atoms with van der Waals surface area (Å²) in [5.74, 6) is -0.186. The standard InChI is InChI=1S/C64H125N2O6P/c1-6-8-10-12-14-16-18-20-22-23-24-25-26-27-28-29-30-31-32-33-34-35-36-37-38-39-40-41-42-43-44-46-48-50-52-54-56-58-64(68)65-62(61-72-73(69,70)71-60-59-66(3,4)5)63(67)57-55-53-51-49-47-45-21-19-17-15-13-11-9-7-2/h17,19,47,49,55,57,62-63,67H,6-16,18,20-46,48,50-54,56,58-61H2,1-5H3,(H-,65,68,69,70)/p+1/b19-17+,49-47+,57-55+. The molecule has 9 heteroatoms. The van der Waals surface area contributed by atoms with Crippen LogP contribution in [0.1, 0.15) is 316 Å². The van der Waals surface area contributed by atoms with Crippen molar-refractivity contribution < 1.29 is 32.9 Å². The molecular formula is C64H126N2O6P+. The van der Waals surface area contributed by atoms with Gasteiger partial charge in [0.15, 0.2) is 0 Å². The number of hydrogen-bond acceptors (Lipinski definition) is 5. The van der Waals surface area contributed by atoms with E-state index in [9.17, 15) is 19.4 Å². The van der Waals surface area contributed by atoms with Gasteiger partial charge in [-0.3, -0.25) is 13.8 Å². The lowest BCUT2D eigenvalue weighted by molar-refractivity contribution is -0.870. The monoisotopic (exact) mass is 1050 g/mol. The molecule has 0 aliphatic heterocycles. The van der Waals surface area contributed by atoms with E-state index in [0.29, 0.717) is 17.4 Å². The number of likely N-dealkylation sites (N-methyl/N-ethyl adjacent to an activating group) is 1. The molecule has 0 aromatic rings. The average Bonchev–Trinajstić information content (AvgIpc) is 3.35. The molecule has 3 N–H and O–H groups in total. The molecule has 3 unspecified atom stereocenters. The highest BCUT2D eigenvalue weighted by Crippen LogP contribution is 2.43. The van der Waals surface area contributed by atoms with Crippen molar-refractivity contribution in [2.45, 2.75) is 328 Å². The summed E-state index contributed by atoms with van der Waals surface area (Å²) in [5.41, 5.74) is 0. The molecule has 73 heavy (non-hydrogen) atoms. The molecule has 432 valence electrons. The number of unbranched alkanes of at least 4 members (excludes halogenated alkanes) is 42. The highest BCUT2D eigenvalue weighted by atomic mass is 31.2. The van der Waals surface area contributed by atoms with Crippen molar-refractivity contribution in [3.63, 3.8) is 0 Å². The van der Waals surface area contributed by atoms with Crippen LogP contribution in [0.4, 0.5) is 0 Å². The summed E-state index contributed by atoms with van der Waals surface area (Å²) in [5, 5.41) is 13.9. The normalized spacial score (nSPS) is 14.0. The molecule has 1 amide bonds. The second kappa shape index (κ2) is 55.5. The van der Waals surface area contributed by atoms with E-state index in [0.717, 1.165) is 44.9 Å². The van der Waals surface area contributed by atoms with Gasteiger partial charge in [0.25, 0.3) is 0 Å². The van der Waals surface area contributed by atoms with Gasteiger partial charge in [-0.2, -0.15) is 0 Å². The maximum Gasteiger partial charge on any atom is 0.472 e. The van der Waals surface area contributed by atoms with Gasteiger partial charge in [0.1, 0.15) is 13.2 Å². The molecule has 0 saturated heterocycles. The minimum absolute atomic E-state index is 0.0549. The summed E-state index contributed by atoms with van der Waals surface area (Å²) in [7, 11) is 1.56. The predicted octanol–water partition coefficient (Wildman–Crippen LogP) is 19.7. The molecule has 0 aromatic heterocycles. The van der Waals surface area contributed by atoms with Crippen molar-refractivity contribution in [2.75, 3.05) is 40.9 Å². The molecule has 0 fully saturated rings. The van der Waals surface area contributed by atoms with Crippen LogP contribution in [0.3, 0.4) is 0 Å². The zero-order chi connectivity index (χ0) is 53.5. The smallest absolute Gasteiger partial charge is 0.387 e. The first-order valence-electron chi connectivity index (χ1n) is 31.9. The number of phosphoric ester groups is 1. The highest BCUT2D eigenvalue weighted by Gasteiger charge is 2.27. The number of carbonyl (C=O) groups excluding carboxylic acids is 1. The van der Waals surface area contributed by atoms with Gasteiger partial charge in [0.05, 0.1) is 39.9 Å². The number of hydrogen-bond donors (Lipinski definition) is 3. The van der Waals surface area contributed by atoms with Crippen LogP contribution in [0.25, 0.3) is 0 Å². The first-order valence-corrected chi connectivity index (χ1v) is 33.4. The number of phosphoric acid groups is 1. The van der Waals surface area contributed by atoms with Crippen LogP contribution in [0, 0.1) is 0 Å². The molecule has 0 spiro atoms. The van der Waals surface area contributed by atoms with Gasteiger partial charge in [0.2, 0.25) is 5.91 Å². The number of amides is 1. The van der Waals surface area contributed by atoms with Crippen molar-refractivity contribution >= 4 is 13.7 Å². The number of rotatable bonds is 59. The third kappa shape index (κ3) is 58.2. The minimum Gasteiger partial charge on any atom is -0.387 e. The third-order valence-electron chi connectivity index (χ3n) is 14.6. The van der Waals surface area contributed by atoms with Gasteiger partial charge >= 0.3 is 7.82 Å². The maximum absolute atomic E-state index is 13.0. The number of aliphatic hydroxyl groups is 1. The molecule has 0 aromatic carbocycles. The van der Waals surface area contributed by atoms with Crippen molar-refractivity contribution in [1.29, 1.82) is 0 Å². The molecular weight excluding hydrogens is 924 g/mol. The first-order chi connectivity index (χ1) is 35.5. The topological polar surface area (TPSA) is 105 Å². The number of aliphatic hydroxyl groups excluding tert-OH is 1. The van der Waals surface area contributed by atoms with E-state index in [1.807, 2.05) is 27.2 Å². The predicted molar refractivity (Wildman–Crippen MR) is 318 cm³/mol. The first kappa shape index (κ1) is 71.7. The Kier molecular flexibility index (Phi) is 54.5. The van der Waals surface area contributed by atoms with Crippen molar-refractivity contribution in [1.82, 2.24) is 5.32 Å². The van der Waals surface area contributed by atoms with Crippen molar-refractivity contribution in [2.24, 2.45) is 0 Å². The average molecular weight is 1050 g/mol. The Balaban J connectivity index is 3.91. The van der Waals surface area contributed by atoms with Crippen molar-refractivity contribution in [3.05, 3.63) is 36.5 Å². The van der Waals surface area contributed by atoms with Crippen LogP contribution in [0.2, 0.25) is 0 Å². The van der Waals surface area contributed by atoms with Gasteiger partial charge in [-0.05, 0) is 44.9 Å². The second-order valence-electron chi connectivity index (χ2n) is 23.1. The van der Waals surface area contributed by atoms with Gasteiger partial charge in [0, 0.05) is 6.42 Å². The molecule has 0 saturated carbocycles. The Hall–Kier alpha value is -1.28. The fourth-order valence-corrected chi connectivity index (χ4v) is 10.3. The summed E-state index contributed by atoms with van der Waals surface area (Å²) in [6, 6.07) is -0.867. The summed E-state index contributed by atoms with van der Waals surface area (Å²) >= 11 is 0. The second-order valence-corrected chi connectivity index (χ2v) is 24.6. The zero-order valence-corrected chi connectivity index (χ0v) is 50.3. The number of carbonyl (C=O) groups is 1. The number of nitrogens with zero attached hydrogens (tertiary/aromatic N) is 1. The maximum atomic E-state index is 13.0. The molecule has 0 radical (unpaired) electrons. The van der Waals surface area contributed by atoms with Crippen LogP contribution < -0.4 is 5.32 Å². The van der Waals surface area contributed by atoms with Gasteiger partial charge in [-0.15, -0.1) is 0 Å². The van der Waals surface area contributed by atoms with Crippen LogP contribution in [0.15, 0.2) is 36.5 Å². The van der Waals surface area contributed by atoms with Crippen LogP contribution in [0.5, 0.6) is 0 Å². The Labute approximate surface area is 455 Å². The number of allylic oxidation sites excluding steroid dienone is 5. The quantitative estimate of drug-likeness (QED) is 0.0243. The molecule has 0 bridgehead atoms. The SMILES string of the molecule is CCCCCC/C=C/CC/C=C/CC/C=C/C(O)C(COP(=O)(O)OCC[N+](C)(C)C)NC(=O)CCCCCCCCCCCCCCCCCCCCCCCCCCCCCCCCCCCCCCC. The van der Waals surface area contributed by atoms with Gasteiger partial charge < -0.3 is 19.8 Å². The summed E-state index contributed by atoms with van der Waals surface area (Å²) < 4.78 is 23.7. The molecule has 3 atom stereocenters. The van der Waals surface area contributed by atoms with Crippen molar-refractivity contribution in [3.8, 4) is 0 Å². The number of quaternary nitrogens is 1. The summed E-state index contributed by atoms with van der Waals surface area (Å²) in [4.78, 5) is 23.3. The van der Waals surface area contributed by atoms with Gasteiger partial charge in [-0.1, -0.05) is 301 Å². The Bertz CT molecular complexity index is 1280. The van der Waals surface area contributed by atoms with E-state index in [-0.39, 0.29) is 19.1 Å².